The van der Waals surface area contributed by atoms with Crippen molar-refractivity contribution in [1.29, 1.82) is 0 Å². The number of anilines is 9. The summed E-state index contributed by atoms with van der Waals surface area (Å²) in [5.41, 5.74) is 19.1. The van der Waals surface area contributed by atoms with Crippen LogP contribution in [0.3, 0.4) is 0 Å². The second-order valence-electron chi connectivity index (χ2n) is 21.1. The zero-order chi connectivity index (χ0) is 53.1. The Kier molecular flexibility index (Phi) is 10.1. The van der Waals surface area contributed by atoms with Gasteiger partial charge in [-0.25, -0.2) is 0 Å². The van der Waals surface area contributed by atoms with E-state index in [1.54, 1.807) is 0 Å². The predicted molar refractivity (Wildman–Crippen MR) is 332 cm³/mol. The standard InChI is InChI=1S/C72H45B2N3O4/c1-5-22-46(23-6-1)75(47-24-7-2-8-25-47)50-40-62-70-67(41-50)78-64-38-19-15-34-56(64)73(70)58-44-59-66(45-61(58)77(62)60-36-17-13-30-52(60)54-32-21-33-55-53-31-14-18-37-63(53)81-72(54)55)80-69-43-51(42-68-71(69)74(59)57-35-16-20-39-65(57)79-68)76(48-26-9-3-10-27-48)49-28-11-4-12-29-49/h1-45H. The first-order valence-corrected chi connectivity index (χ1v) is 27.5. The summed E-state index contributed by atoms with van der Waals surface area (Å²) >= 11 is 0. The van der Waals surface area contributed by atoms with E-state index in [1.165, 1.54) is 0 Å². The highest BCUT2D eigenvalue weighted by Gasteiger charge is 2.47. The van der Waals surface area contributed by atoms with E-state index in [4.69, 9.17) is 18.6 Å². The molecule has 4 aliphatic rings. The van der Waals surface area contributed by atoms with E-state index in [2.05, 4.69) is 282 Å². The van der Waals surface area contributed by atoms with Crippen LogP contribution in [0.2, 0.25) is 0 Å². The fraction of sp³-hybridized carbons (Fsp3) is 0. The van der Waals surface area contributed by atoms with Crippen LogP contribution in [0, 0.1) is 0 Å². The lowest BCUT2D eigenvalue weighted by Crippen LogP contribution is -2.62. The van der Waals surface area contributed by atoms with Gasteiger partial charge in [-0.05, 0) is 106 Å². The molecule has 378 valence electrons. The zero-order valence-electron chi connectivity index (χ0n) is 43.6. The first kappa shape index (κ1) is 45.4. The maximum atomic E-state index is 7.52. The Morgan fingerprint density at radius 1 is 0.284 bits per heavy atom. The number of fused-ring (bicyclic) bond motifs is 11. The number of benzene rings is 12. The maximum Gasteiger partial charge on any atom is 0.260 e. The Balaban J connectivity index is 0.947. The minimum Gasteiger partial charge on any atom is -0.458 e. The molecule has 0 aliphatic carbocycles. The average molecular weight is 1040 g/mol. The summed E-state index contributed by atoms with van der Waals surface area (Å²) < 4.78 is 28.6. The normalized spacial score (nSPS) is 12.9. The fourth-order valence-electron chi connectivity index (χ4n) is 13.2. The molecule has 12 aromatic carbocycles. The Morgan fingerprint density at radius 3 is 1.37 bits per heavy atom. The number of ether oxygens (including phenoxy) is 3. The van der Waals surface area contributed by atoms with Gasteiger partial charge in [0.15, 0.2) is 0 Å². The van der Waals surface area contributed by atoms with Crippen molar-refractivity contribution in [3.05, 3.63) is 273 Å². The highest BCUT2D eigenvalue weighted by Crippen LogP contribution is 2.51. The van der Waals surface area contributed by atoms with Crippen LogP contribution >= 0.6 is 0 Å². The first-order chi connectivity index (χ1) is 40.2. The lowest BCUT2D eigenvalue weighted by Gasteiger charge is -2.43. The molecule has 13 aromatic rings. The quantitative estimate of drug-likeness (QED) is 0.141. The van der Waals surface area contributed by atoms with Gasteiger partial charge in [0.1, 0.15) is 45.7 Å². The molecule has 0 saturated carbocycles. The van der Waals surface area contributed by atoms with E-state index in [9.17, 15) is 0 Å². The van der Waals surface area contributed by atoms with Gasteiger partial charge in [-0.1, -0.05) is 170 Å². The molecule has 1 aromatic heterocycles. The number of furan rings is 1. The molecular formula is C72H45B2N3O4. The molecule has 0 saturated heterocycles. The molecular weight excluding hydrogens is 992 g/mol. The number of hydrogen-bond acceptors (Lipinski definition) is 7. The Labute approximate surface area is 468 Å². The van der Waals surface area contributed by atoms with Crippen LogP contribution < -0.4 is 61.7 Å². The lowest BCUT2D eigenvalue weighted by molar-refractivity contribution is 0.465. The molecule has 0 spiro atoms. The van der Waals surface area contributed by atoms with E-state index in [-0.39, 0.29) is 13.4 Å². The van der Waals surface area contributed by atoms with Gasteiger partial charge in [0, 0.05) is 85.8 Å². The van der Waals surface area contributed by atoms with Crippen molar-refractivity contribution in [2.75, 3.05) is 14.7 Å². The van der Waals surface area contributed by atoms with Crippen molar-refractivity contribution in [3.8, 4) is 45.6 Å². The number of nitrogens with zero attached hydrogens (tertiary/aromatic N) is 3. The van der Waals surface area contributed by atoms with E-state index >= 15 is 0 Å². The van der Waals surface area contributed by atoms with Gasteiger partial charge >= 0.3 is 0 Å². The van der Waals surface area contributed by atoms with Crippen molar-refractivity contribution in [3.63, 3.8) is 0 Å². The Hall–Kier alpha value is -10.6. The SMILES string of the molecule is c1ccc(N(c2ccccc2)c2cc3c4c(c2)Oc2cc5c(cc2B4c2ccccc2O3)B2c3ccccc3Oc3cc(N(c4ccccc4)c4ccccc4)cc(c32)N5c2ccccc2-c2cccc3c2oc2ccccc23)cc1. The molecule has 0 bridgehead atoms. The molecule has 5 heterocycles. The highest BCUT2D eigenvalue weighted by atomic mass is 16.5. The molecule has 0 fully saturated rings. The summed E-state index contributed by atoms with van der Waals surface area (Å²) in [7, 11) is 0. The van der Waals surface area contributed by atoms with Crippen LogP contribution in [0.15, 0.2) is 277 Å². The van der Waals surface area contributed by atoms with Gasteiger partial charge in [0.25, 0.3) is 13.4 Å². The average Bonchev–Trinajstić information content (AvgIpc) is 2.99. The smallest absolute Gasteiger partial charge is 0.260 e. The number of hydrogen-bond donors (Lipinski definition) is 0. The molecule has 7 nitrogen and oxygen atoms in total. The molecule has 17 rings (SSSR count). The third-order valence-corrected chi connectivity index (χ3v) is 16.6. The van der Waals surface area contributed by atoms with E-state index in [0.717, 1.165) is 152 Å². The molecule has 0 N–H and O–H groups in total. The third-order valence-electron chi connectivity index (χ3n) is 16.6. The van der Waals surface area contributed by atoms with Gasteiger partial charge < -0.3 is 33.3 Å². The van der Waals surface area contributed by atoms with Crippen molar-refractivity contribution >= 4 is 119 Å². The molecule has 0 amide bonds. The summed E-state index contributed by atoms with van der Waals surface area (Å²) in [6.45, 7) is -0.429. The van der Waals surface area contributed by atoms with Crippen molar-refractivity contribution in [1.82, 2.24) is 0 Å². The fourth-order valence-corrected chi connectivity index (χ4v) is 13.2. The van der Waals surface area contributed by atoms with Crippen molar-refractivity contribution in [2.24, 2.45) is 0 Å². The summed E-state index contributed by atoms with van der Waals surface area (Å²) in [5.74, 6) is 4.72. The third kappa shape index (κ3) is 7.05. The summed E-state index contributed by atoms with van der Waals surface area (Å²) in [4.78, 5) is 7.05. The lowest BCUT2D eigenvalue weighted by atomic mass is 9.31. The van der Waals surface area contributed by atoms with Gasteiger partial charge in [-0.15, -0.1) is 0 Å². The first-order valence-electron chi connectivity index (χ1n) is 27.5. The van der Waals surface area contributed by atoms with Gasteiger partial charge in [-0.2, -0.15) is 0 Å². The van der Waals surface area contributed by atoms with E-state index in [1.807, 2.05) is 6.07 Å². The minimum atomic E-state index is -0.220. The van der Waals surface area contributed by atoms with E-state index < -0.39 is 0 Å². The number of rotatable bonds is 8. The molecule has 81 heavy (non-hydrogen) atoms. The highest BCUT2D eigenvalue weighted by molar-refractivity contribution is 7.01. The molecule has 0 atom stereocenters. The summed E-state index contributed by atoms with van der Waals surface area (Å²) in [5, 5.41) is 2.15. The van der Waals surface area contributed by atoms with Crippen LogP contribution in [0.4, 0.5) is 51.2 Å². The zero-order valence-corrected chi connectivity index (χ0v) is 43.6. The maximum absolute atomic E-state index is 7.52. The summed E-state index contributed by atoms with van der Waals surface area (Å²) in [6.07, 6.45) is 0. The van der Waals surface area contributed by atoms with Crippen LogP contribution in [0.25, 0.3) is 33.1 Å². The van der Waals surface area contributed by atoms with Crippen LogP contribution in [0.1, 0.15) is 0 Å². The Bertz CT molecular complexity index is 4590. The molecule has 0 radical (unpaired) electrons. The Morgan fingerprint density at radius 2 is 0.753 bits per heavy atom. The largest absolute Gasteiger partial charge is 0.458 e. The van der Waals surface area contributed by atoms with Gasteiger partial charge in [0.05, 0.1) is 17.1 Å². The van der Waals surface area contributed by atoms with Crippen LogP contribution in [-0.4, -0.2) is 13.4 Å². The van der Waals surface area contributed by atoms with Crippen molar-refractivity contribution < 1.29 is 18.6 Å². The summed E-state index contributed by atoms with van der Waals surface area (Å²) in [6, 6.07) is 96.4. The minimum absolute atomic E-state index is 0.208. The van der Waals surface area contributed by atoms with E-state index in [0.29, 0.717) is 0 Å². The van der Waals surface area contributed by atoms with Crippen LogP contribution in [-0.2, 0) is 0 Å². The monoisotopic (exact) mass is 1040 g/mol. The van der Waals surface area contributed by atoms with Crippen LogP contribution in [0.5, 0.6) is 34.5 Å². The van der Waals surface area contributed by atoms with Gasteiger partial charge in [-0.3, -0.25) is 0 Å². The predicted octanol–water partition coefficient (Wildman–Crippen LogP) is 15.3. The second-order valence-corrected chi connectivity index (χ2v) is 21.1. The van der Waals surface area contributed by atoms with Gasteiger partial charge in [0.2, 0.25) is 0 Å². The topological polar surface area (TPSA) is 50.6 Å². The number of para-hydroxylation sites is 9. The van der Waals surface area contributed by atoms with Crippen molar-refractivity contribution in [2.45, 2.75) is 0 Å². The molecule has 4 aliphatic heterocycles. The molecule has 9 heteroatoms. The second kappa shape index (κ2) is 18.0. The molecule has 0 unspecified atom stereocenters.